The normalized spacial score (nSPS) is 11.2. The molecule has 2 aromatic heterocycles. The first-order chi connectivity index (χ1) is 14.7. The summed E-state index contributed by atoms with van der Waals surface area (Å²) in [4.78, 5) is 16.9. The van der Waals surface area contributed by atoms with Gasteiger partial charge in [-0.1, -0.05) is 75.4 Å². The third-order valence-electron chi connectivity index (χ3n) is 4.18. The molecule has 4 aromatic rings. The zero-order valence-corrected chi connectivity index (χ0v) is 20.2. The van der Waals surface area contributed by atoms with Crippen LogP contribution in [0.1, 0.15) is 21.9 Å². The molecule has 0 radical (unpaired) electrons. The average Bonchev–Trinajstić information content (AvgIpc) is 3.37. The van der Waals surface area contributed by atoms with E-state index in [2.05, 4.69) is 10.3 Å². The molecule has 0 saturated heterocycles. The number of ether oxygens (including phenoxy) is 1. The highest BCUT2D eigenvalue weighted by Gasteiger charge is 2.21. The Balaban J connectivity index is 1.46. The number of benzene rings is 2. The average molecular weight is 537 g/mol. The van der Waals surface area contributed by atoms with E-state index < -0.39 is 5.91 Å². The number of amides is 1. The number of carbonyl (C=O) groups is 1. The fraction of sp³-hybridized carbons (Fsp3) is 0.100. The molecule has 0 spiro atoms. The topological polar surface area (TPSA) is 64.4 Å². The smallest absolute Gasteiger partial charge is 0.293 e. The number of hydrogen-bond acceptors (Lipinski definition) is 5. The van der Waals surface area contributed by atoms with Crippen LogP contribution >= 0.6 is 69.3 Å². The molecule has 4 rings (SSSR count). The minimum absolute atomic E-state index is 0.0247. The lowest BCUT2D eigenvalue weighted by molar-refractivity contribution is 0.0992. The van der Waals surface area contributed by atoms with Crippen molar-refractivity contribution in [3.8, 4) is 5.75 Å². The standard InChI is InChI=1S/C20H11Cl5N2O3S/c1-8-2-4-10-12(6-8)31-20(26-10)27-19(28)11-5-3-9(30-11)7-29-18-16(24)14(22)13(21)15(23)17(18)25/h2-6H,7H2,1H3,(H,26,27,28). The van der Waals surface area contributed by atoms with Crippen molar-refractivity contribution in [2.45, 2.75) is 13.5 Å². The Morgan fingerprint density at radius 3 is 2.42 bits per heavy atom. The molecule has 2 heterocycles. The van der Waals surface area contributed by atoms with Gasteiger partial charge in [-0.25, -0.2) is 4.98 Å². The van der Waals surface area contributed by atoms with E-state index in [-0.39, 0.29) is 43.2 Å². The summed E-state index contributed by atoms with van der Waals surface area (Å²) in [6.07, 6.45) is 0. The van der Waals surface area contributed by atoms with Crippen LogP contribution in [0.4, 0.5) is 5.13 Å². The van der Waals surface area contributed by atoms with Crippen LogP contribution in [0.5, 0.6) is 5.75 Å². The number of fused-ring (bicyclic) bond motifs is 1. The first kappa shape index (κ1) is 22.5. The number of rotatable bonds is 5. The number of carbonyl (C=O) groups excluding carboxylic acids is 1. The van der Waals surface area contributed by atoms with Gasteiger partial charge in [-0.2, -0.15) is 0 Å². The SMILES string of the molecule is Cc1ccc2nc(NC(=O)c3ccc(COc4c(Cl)c(Cl)c(Cl)c(Cl)c4Cl)o3)sc2c1. The van der Waals surface area contributed by atoms with Crippen molar-refractivity contribution in [2.75, 3.05) is 5.32 Å². The van der Waals surface area contributed by atoms with Gasteiger partial charge in [0, 0.05) is 0 Å². The van der Waals surface area contributed by atoms with Crippen LogP contribution in [-0.4, -0.2) is 10.9 Å². The lowest BCUT2D eigenvalue weighted by Gasteiger charge is -2.12. The van der Waals surface area contributed by atoms with Gasteiger partial charge in [0.1, 0.15) is 22.4 Å². The Hall–Kier alpha value is -1.67. The number of anilines is 1. The minimum atomic E-state index is -0.435. The van der Waals surface area contributed by atoms with Crippen LogP contribution in [0.25, 0.3) is 10.2 Å². The summed E-state index contributed by atoms with van der Waals surface area (Å²) in [5.41, 5.74) is 1.93. The molecular formula is C20H11Cl5N2O3S. The summed E-state index contributed by atoms with van der Waals surface area (Å²) in [5, 5.41) is 3.35. The Bertz CT molecular complexity index is 1290. The van der Waals surface area contributed by atoms with E-state index in [4.69, 9.17) is 67.2 Å². The highest BCUT2D eigenvalue weighted by Crippen LogP contribution is 2.48. The first-order valence-electron chi connectivity index (χ1n) is 8.66. The molecule has 5 nitrogen and oxygen atoms in total. The molecule has 0 fully saturated rings. The first-order valence-corrected chi connectivity index (χ1v) is 11.4. The van der Waals surface area contributed by atoms with Crippen molar-refractivity contribution in [3.63, 3.8) is 0 Å². The number of thiazole rings is 1. The van der Waals surface area contributed by atoms with E-state index in [0.717, 1.165) is 15.8 Å². The third-order valence-corrected chi connectivity index (χ3v) is 7.35. The van der Waals surface area contributed by atoms with Gasteiger partial charge in [-0.05, 0) is 36.8 Å². The number of hydrogen-bond donors (Lipinski definition) is 1. The predicted octanol–water partition coefficient (Wildman–Crippen LogP) is 8.30. The Morgan fingerprint density at radius 2 is 1.71 bits per heavy atom. The Labute approximate surface area is 205 Å². The van der Waals surface area contributed by atoms with Gasteiger partial charge < -0.3 is 9.15 Å². The molecule has 2 aromatic carbocycles. The molecule has 0 aliphatic heterocycles. The van der Waals surface area contributed by atoms with Crippen molar-refractivity contribution < 1.29 is 13.9 Å². The van der Waals surface area contributed by atoms with Crippen molar-refractivity contribution in [1.82, 2.24) is 4.98 Å². The van der Waals surface area contributed by atoms with E-state index in [1.54, 1.807) is 6.07 Å². The second kappa shape index (κ2) is 9.06. The van der Waals surface area contributed by atoms with Crippen molar-refractivity contribution in [2.24, 2.45) is 0 Å². The van der Waals surface area contributed by atoms with E-state index in [9.17, 15) is 4.79 Å². The van der Waals surface area contributed by atoms with Gasteiger partial charge in [0.15, 0.2) is 16.6 Å². The number of halogens is 5. The fourth-order valence-electron chi connectivity index (χ4n) is 2.68. The molecule has 1 amide bonds. The molecular weight excluding hydrogens is 526 g/mol. The van der Waals surface area contributed by atoms with Crippen molar-refractivity contribution >= 4 is 90.6 Å². The Morgan fingerprint density at radius 1 is 1.03 bits per heavy atom. The minimum Gasteiger partial charge on any atom is -0.482 e. The van der Waals surface area contributed by atoms with E-state index in [1.807, 2.05) is 25.1 Å². The van der Waals surface area contributed by atoms with E-state index in [0.29, 0.717) is 10.9 Å². The fourth-order valence-corrected chi connectivity index (χ4v) is 4.87. The lowest BCUT2D eigenvalue weighted by Crippen LogP contribution is -2.10. The summed E-state index contributed by atoms with van der Waals surface area (Å²) in [6, 6.07) is 9.00. The molecule has 0 unspecified atom stereocenters. The number of aromatic nitrogens is 1. The second-order valence-electron chi connectivity index (χ2n) is 6.40. The van der Waals surface area contributed by atoms with E-state index >= 15 is 0 Å². The van der Waals surface area contributed by atoms with Gasteiger partial charge >= 0.3 is 0 Å². The van der Waals surface area contributed by atoms with Gasteiger partial charge in [0.25, 0.3) is 5.91 Å². The molecule has 0 aliphatic rings. The predicted molar refractivity (Wildman–Crippen MR) is 127 cm³/mol. The maximum Gasteiger partial charge on any atom is 0.293 e. The molecule has 11 heteroatoms. The Kier molecular flexibility index (Phi) is 6.58. The van der Waals surface area contributed by atoms with Crippen LogP contribution in [0.15, 0.2) is 34.7 Å². The van der Waals surface area contributed by atoms with Gasteiger partial charge in [-0.3, -0.25) is 10.1 Å². The number of aryl methyl sites for hydroxylation is 1. The summed E-state index contributed by atoms with van der Waals surface area (Å²) < 4.78 is 12.1. The monoisotopic (exact) mass is 534 g/mol. The largest absolute Gasteiger partial charge is 0.482 e. The van der Waals surface area contributed by atoms with Gasteiger partial charge in [0.2, 0.25) is 0 Å². The van der Waals surface area contributed by atoms with E-state index in [1.165, 1.54) is 17.4 Å². The molecule has 0 saturated carbocycles. The van der Waals surface area contributed by atoms with Crippen LogP contribution in [0.3, 0.4) is 0 Å². The number of nitrogens with zero attached hydrogens (tertiary/aromatic N) is 1. The number of furan rings is 1. The quantitative estimate of drug-likeness (QED) is 0.206. The zero-order chi connectivity index (χ0) is 22.3. The lowest BCUT2D eigenvalue weighted by atomic mass is 10.2. The van der Waals surface area contributed by atoms with Crippen LogP contribution < -0.4 is 10.1 Å². The van der Waals surface area contributed by atoms with Crippen LogP contribution in [0, 0.1) is 6.92 Å². The molecule has 0 atom stereocenters. The highest BCUT2D eigenvalue weighted by molar-refractivity contribution is 7.22. The van der Waals surface area contributed by atoms with Crippen molar-refractivity contribution in [3.05, 3.63) is 72.5 Å². The maximum atomic E-state index is 12.5. The maximum absolute atomic E-state index is 12.5. The van der Waals surface area contributed by atoms with Gasteiger partial charge in [-0.15, -0.1) is 0 Å². The summed E-state index contributed by atoms with van der Waals surface area (Å²) in [6.45, 7) is 1.93. The third kappa shape index (κ3) is 4.60. The van der Waals surface area contributed by atoms with Crippen molar-refractivity contribution in [1.29, 1.82) is 0 Å². The molecule has 0 bridgehead atoms. The second-order valence-corrected chi connectivity index (χ2v) is 9.32. The molecule has 31 heavy (non-hydrogen) atoms. The molecule has 0 aliphatic carbocycles. The summed E-state index contributed by atoms with van der Waals surface area (Å²) in [5.74, 6) is 0.0865. The van der Waals surface area contributed by atoms with Crippen LogP contribution in [-0.2, 0) is 6.61 Å². The molecule has 1 N–H and O–H groups in total. The van der Waals surface area contributed by atoms with Crippen LogP contribution in [0.2, 0.25) is 25.1 Å². The molecule has 160 valence electrons. The number of nitrogens with one attached hydrogen (secondary N) is 1. The van der Waals surface area contributed by atoms with Gasteiger partial charge in [0.05, 0.1) is 25.3 Å². The summed E-state index contributed by atoms with van der Waals surface area (Å²) >= 11 is 31.7. The summed E-state index contributed by atoms with van der Waals surface area (Å²) in [7, 11) is 0. The zero-order valence-electron chi connectivity index (χ0n) is 15.6. The highest BCUT2D eigenvalue weighted by atomic mass is 35.5.